The Labute approximate surface area is 86.2 Å². The lowest BCUT2D eigenvalue weighted by Crippen LogP contribution is -2.33. The molecule has 0 saturated heterocycles. The Morgan fingerprint density at radius 1 is 1.29 bits per heavy atom. The smallest absolute Gasteiger partial charge is 0.0558 e. The molecule has 0 amide bonds. The zero-order valence-corrected chi connectivity index (χ0v) is 9.00. The van der Waals surface area contributed by atoms with Crippen LogP contribution in [0.15, 0.2) is 12.2 Å². The Balaban J connectivity index is 3.71. The summed E-state index contributed by atoms with van der Waals surface area (Å²) in [6.45, 7) is 9.85. The fourth-order valence-corrected chi connectivity index (χ4v) is 1.23. The van der Waals surface area contributed by atoms with Crippen molar-refractivity contribution < 1.29 is 10.2 Å². The van der Waals surface area contributed by atoms with Crippen molar-refractivity contribution in [2.24, 2.45) is 0 Å². The topological polar surface area (TPSA) is 55.7 Å². The van der Waals surface area contributed by atoms with Crippen molar-refractivity contribution >= 4 is 0 Å². The Morgan fingerprint density at radius 2 is 1.86 bits per heavy atom. The normalized spacial score (nSPS) is 10.9. The molecule has 0 spiro atoms. The van der Waals surface area contributed by atoms with Crippen LogP contribution in [0.5, 0.6) is 0 Å². The van der Waals surface area contributed by atoms with Crippen LogP contribution in [-0.4, -0.2) is 61.1 Å². The Morgan fingerprint density at radius 3 is 2.29 bits per heavy atom. The van der Waals surface area contributed by atoms with E-state index in [1.54, 1.807) is 0 Å². The Kier molecular flexibility index (Phi) is 8.87. The van der Waals surface area contributed by atoms with Crippen LogP contribution in [0.3, 0.4) is 0 Å². The summed E-state index contributed by atoms with van der Waals surface area (Å²) in [6, 6.07) is 0. The molecule has 0 saturated carbocycles. The van der Waals surface area contributed by atoms with Crippen molar-refractivity contribution in [3.8, 4) is 0 Å². The number of rotatable bonds is 9. The summed E-state index contributed by atoms with van der Waals surface area (Å²) in [5.74, 6) is 0. The zero-order chi connectivity index (χ0) is 10.8. The van der Waals surface area contributed by atoms with E-state index in [9.17, 15) is 0 Å². The van der Waals surface area contributed by atoms with Crippen molar-refractivity contribution in [3.63, 3.8) is 0 Å². The van der Waals surface area contributed by atoms with Gasteiger partial charge in [-0.05, 0) is 12.1 Å². The van der Waals surface area contributed by atoms with Gasteiger partial charge in [0.2, 0.25) is 0 Å². The van der Waals surface area contributed by atoms with Crippen LogP contribution in [0.2, 0.25) is 0 Å². The lowest BCUT2D eigenvalue weighted by molar-refractivity contribution is 0.169. The fourth-order valence-electron chi connectivity index (χ4n) is 1.23. The van der Waals surface area contributed by atoms with E-state index < -0.39 is 0 Å². The Hall–Kier alpha value is -0.420. The van der Waals surface area contributed by atoms with Crippen LogP contribution in [0.1, 0.15) is 6.92 Å². The van der Waals surface area contributed by atoms with Crippen molar-refractivity contribution in [3.05, 3.63) is 12.2 Å². The SMILES string of the molecule is C=C(CNCC)CN(CCO)CCO. The second kappa shape index (κ2) is 9.15. The van der Waals surface area contributed by atoms with Crippen molar-refractivity contribution in [1.82, 2.24) is 10.2 Å². The number of likely N-dealkylation sites (N-methyl/N-ethyl adjacent to an activating group) is 1. The van der Waals surface area contributed by atoms with Gasteiger partial charge in [0.05, 0.1) is 13.2 Å². The van der Waals surface area contributed by atoms with Crippen LogP contribution in [0.25, 0.3) is 0 Å². The predicted octanol–water partition coefficient (Wildman–Crippen LogP) is -0.561. The molecular weight excluding hydrogens is 180 g/mol. The molecule has 0 aliphatic heterocycles. The van der Waals surface area contributed by atoms with Gasteiger partial charge in [0.1, 0.15) is 0 Å². The van der Waals surface area contributed by atoms with E-state index in [1.807, 2.05) is 11.8 Å². The summed E-state index contributed by atoms with van der Waals surface area (Å²) >= 11 is 0. The first-order chi connectivity index (χ1) is 6.74. The predicted molar refractivity (Wildman–Crippen MR) is 58.3 cm³/mol. The van der Waals surface area contributed by atoms with Gasteiger partial charge in [-0.3, -0.25) is 4.90 Å². The number of hydrogen-bond acceptors (Lipinski definition) is 4. The van der Waals surface area contributed by atoms with Crippen LogP contribution in [0, 0.1) is 0 Å². The minimum absolute atomic E-state index is 0.120. The third-order valence-electron chi connectivity index (χ3n) is 1.90. The maximum absolute atomic E-state index is 8.78. The minimum Gasteiger partial charge on any atom is -0.395 e. The molecule has 3 N–H and O–H groups in total. The van der Waals surface area contributed by atoms with Gasteiger partial charge in [-0.25, -0.2) is 0 Å². The molecule has 0 heterocycles. The molecule has 0 unspecified atom stereocenters. The molecule has 0 atom stereocenters. The van der Waals surface area contributed by atoms with Gasteiger partial charge in [0.15, 0.2) is 0 Å². The van der Waals surface area contributed by atoms with Gasteiger partial charge in [-0.2, -0.15) is 0 Å². The standard InChI is InChI=1S/C10H22N2O2/c1-3-11-8-10(2)9-12(4-6-13)5-7-14/h11,13-14H,2-9H2,1H3. The molecule has 0 aromatic carbocycles. The quantitative estimate of drug-likeness (QED) is 0.439. The molecular formula is C10H22N2O2. The largest absolute Gasteiger partial charge is 0.395 e. The molecule has 0 fully saturated rings. The van der Waals surface area contributed by atoms with E-state index in [0.717, 1.165) is 25.2 Å². The third-order valence-corrected chi connectivity index (χ3v) is 1.90. The molecule has 0 aliphatic rings. The van der Waals surface area contributed by atoms with Crippen molar-refractivity contribution in [2.75, 3.05) is 45.9 Å². The number of nitrogens with one attached hydrogen (secondary N) is 1. The average molecular weight is 202 g/mol. The fraction of sp³-hybridized carbons (Fsp3) is 0.800. The van der Waals surface area contributed by atoms with Crippen LogP contribution in [-0.2, 0) is 0 Å². The van der Waals surface area contributed by atoms with Crippen molar-refractivity contribution in [1.29, 1.82) is 0 Å². The van der Waals surface area contributed by atoms with Crippen LogP contribution < -0.4 is 5.32 Å². The molecule has 0 bridgehead atoms. The first-order valence-corrected chi connectivity index (χ1v) is 5.06. The van der Waals surface area contributed by atoms with Gasteiger partial charge in [-0.15, -0.1) is 0 Å². The van der Waals surface area contributed by atoms with Gasteiger partial charge in [-0.1, -0.05) is 13.5 Å². The monoisotopic (exact) mass is 202 g/mol. The number of hydrogen-bond donors (Lipinski definition) is 3. The first kappa shape index (κ1) is 13.6. The van der Waals surface area contributed by atoms with Gasteiger partial charge < -0.3 is 15.5 Å². The zero-order valence-electron chi connectivity index (χ0n) is 9.00. The third kappa shape index (κ3) is 7.03. The lowest BCUT2D eigenvalue weighted by atomic mass is 10.2. The van der Waals surface area contributed by atoms with E-state index in [0.29, 0.717) is 13.1 Å². The molecule has 14 heavy (non-hydrogen) atoms. The molecule has 0 rings (SSSR count). The van der Waals surface area contributed by atoms with E-state index in [-0.39, 0.29) is 13.2 Å². The molecule has 4 nitrogen and oxygen atoms in total. The molecule has 0 aliphatic carbocycles. The highest BCUT2D eigenvalue weighted by molar-refractivity contribution is 4.99. The molecule has 0 aromatic heterocycles. The van der Waals surface area contributed by atoms with E-state index in [4.69, 9.17) is 10.2 Å². The van der Waals surface area contributed by atoms with E-state index in [1.165, 1.54) is 0 Å². The number of aliphatic hydroxyl groups is 2. The second-order valence-electron chi connectivity index (χ2n) is 3.25. The molecule has 0 aromatic rings. The second-order valence-corrected chi connectivity index (χ2v) is 3.25. The summed E-state index contributed by atoms with van der Waals surface area (Å²) in [5, 5.41) is 20.8. The van der Waals surface area contributed by atoms with Crippen LogP contribution in [0.4, 0.5) is 0 Å². The highest BCUT2D eigenvalue weighted by atomic mass is 16.3. The summed E-state index contributed by atoms with van der Waals surface area (Å²) in [7, 11) is 0. The lowest BCUT2D eigenvalue weighted by Gasteiger charge is -2.21. The van der Waals surface area contributed by atoms with Gasteiger partial charge >= 0.3 is 0 Å². The maximum atomic E-state index is 8.78. The molecule has 84 valence electrons. The highest BCUT2D eigenvalue weighted by Crippen LogP contribution is 1.95. The van der Waals surface area contributed by atoms with E-state index in [2.05, 4.69) is 11.9 Å². The number of aliphatic hydroxyl groups excluding tert-OH is 2. The van der Waals surface area contributed by atoms with Gasteiger partial charge in [0.25, 0.3) is 0 Å². The summed E-state index contributed by atoms with van der Waals surface area (Å²) in [6.07, 6.45) is 0. The summed E-state index contributed by atoms with van der Waals surface area (Å²) in [4.78, 5) is 1.99. The van der Waals surface area contributed by atoms with Crippen LogP contribution >= 0.6 is 0 Å². The summed E-state index contributed by atoms with van der Waals surface area (Å²) < 4.78 is 0. The average Bonchev–Trinajstić information content (AvgIpc) is 2.15. The number of nitrogens with zero attached hydrogens (tertiary/aromatic N) is 1. The van der Waals surface area contributed by atoms with Gasteiger partial charge in [0, 0.05) is 26.2 Å². The summed E-state index contributed by atoms with van der Waals surface area (Å²) in [5.41, 5.74) is 1.08. The minimum atomic E-state index is 0.120. The molecule has 0 radical (unpaired) electrons. The van der Waals surface area contributed by atoms with Crippen molar-refractivity contribution in [2.45, 2.75) is 6.92 Å². The first-order valence-electron chi connectivity index (χ1n) is 5.06. The Bertz CT molecular complexity index is 145. The molecule has 4 heteroatoms. The maximum Gasteiger partial charge on any atom is 0.0558 e. The highest BCUT2D eigenvalue weighted by Gasteiger charge is 2.04. The van der Waals surface area contributed by atoms with E-state index >= 15 is 0 Å².